The number of thiophene rings is 1. The van der Waals surface area contributed by atoms with Crippen LogP contribution in [0, 0.1) is 5.92 Å². The van der Waals surface area contributed by atoms with E-state index in [-0.39, 0.29) is 17.9 Å². The van der Waals surface area contributed by atoms with Crippen LogP contribution in [0.2, 0.25) is 0 Å². The van der Waals surface area contributed by atoms with Crippen LogP contribution in [0.4, 0.5) is 10.5 Å². The molecule has 132 valence electrons. The highest BCUT2D eigenvalue weighted by Crippen LogP contribution is 2.19. The van der Waals surface area contributed by atoms with Gasteiger partial charge in [0.05, 0.1) is 5.92 Å². The van der Waals surface area contributed by atoms with Crippen molar-refractivity contribution in [2.75, 3.05) is 25.0 Å². The van der Waals surface area contributed by atoms with E-state index in [1.54, 1.807) is 16.2 Å². The van der Waals surface area contributed by atoms with Gasteiger partial charge < -0.3 is 15.5 Å². The van der Waals surface area contributed by atoms with E-state index in [9.17, 15) is 9.59 Å². The van der Waals surface area contributed by atoms with Gasteiger partial charge in [0, 0.05) is 30.2 Å². The van der Waals surface area contributed by atoms with Crippen molar-refractivity contribution in [3.63, 3.8) is 0 Å². The van der Waals surface area contributed by atoms with Gasteiger partial charge in [0.15, 0.2) is 0 Å². The Morgan fingerprint density at radius 2 is 2.00 bits per heavy atom. The van der Waals surface area contributed by atoms with E-state index < -0.39 is 0 Å². The van der Waals surface area contributed by atoms with Crippen molar-refractivity contribution in [1.29, 1.82) is 0 Å². The summed E-state index contributed by atoms with van der Waals surface area (Å²) < 4.78 is 0. The van der Waals surface area contributed by atoms with Crippen molar-refractivity contribution < 1.29 is 9.59 Å². The normalized spacial score (nSPS) is 17.1. The molecule has 1 fully saturated rings. The molecule has 6 heteroatoms. The summed E-state index contributed by atoms with van der Waals surface area (Å²) in [5, 5.41) is 7.94. The first-order chi connectivity index (χ1) is 12.2. The van der Waals surface area contributed by atoms with Crippen molar-refractivity contribution in [3.8, 4) is 0 Å². The predicted molar refractivity (Wildman–Crippen MR) is 101 cm³/mol. The highest BCUT2D eigenvalue weighted by molar-refractivity contribution is 7.09. The van der Waals surface area contributed by atoms with Crippen LogP contribution in [0.3, 0.4) is 0 Å². The molecule has 3 amide bonds. The molecule has 2 heterocycles. The molecule has 0 spiro atoms. The number of carbonyl (C=O) groups is 2. The summed E-state index contributed by atoms with van der Waals surface area (Å²) in [4.78, 5) is 27.8. The molecule has 1 aromatic heterocycles. The van der Waals surface area contributed by atoms with Crippen molar-refractivity contribution in [1.82, 2.24) is 10.2 Å². The predicted octanol–water partition coefficient (Wildman–Crippen LogP) is 3.35. The van der Waals surface area contributed by atoms with Crippen LogP contribution in [0.15, 0.2) is 47.8 Å². The standard InChI is InChI=1S/C19H23N3O2S/c23-18(21-16-7-2-1-3-8-16)15-6-4-12-22(14-15)19(24)20-11-10-17-9-5-13-25-17/h1-3,5,7-9,13,15H,4,6,10-12,14H2,(H,20,24)(H,21,23). The topological polar surface area (TPSA) is 61.4 Å². The van der Waals surface area contributed by atoms with Crippen molar-refractivity contribution >= 4 is 29.0 Å². The van der Waals surface area contributed by atoms with Crippen LogP contribution < -0.4 is 10.6 Å². The molecule has 0 bridgehead atoms. The van der Waals surface area contributed by atoms with Gasteiger partial charge in [0.1, 0.15) is 0 Å². The average molecular weight is 357 g/mol. The molecule has 3 rings (SSSR count). The number of benzene rings is 1. The Bertz CT molecular complexity index is 688. The molecule has 0 saturated carbocycles. The maximum absolute atomic E-state index is 12.4. The van der Waals surface area contributed by atoms with Crippen LogP contribution in [0.25, 0.3) is 0 Å². The summed E-state index contributed by atoms with van der Waals surface area (Å²) in [6, 6.07) is 13.5. The molecular formula is C19H23N3O2S. The highest BCUT2D eigenvalue weighted by atomic mass is 32.1. The van der Waals surface area contributed by atoms with Crippen LogP contribution in [0.5, 0.6) is 0 Å². The number of para-hydroxylation sites is 1. The van der Waals surface area contributed by atoms with Crippen molar-refractivity contribution in [2.45, 2.75) is 19.3 Å². The summed E-state index contributed by atoms with van der Waals surface area (Å²) in [6.07, 6.45) is 2.51. The first-order valence-corrected chi connectivity index (χ1v) is 9.51. The molecule has 1 atom stereocenters. The van der Waals surface area contributed by atoms with E-state index in [0.717, 1.165) is 24.9 Å². The lowest BCUT2D eigenvalue weighted by Crippen LogP contribution is -2.48. The second-order valence-electron chi connectivity index (χ2n) is 6.20. The fraction of sp³-hybridized carbons (Fsp3) is 0.368. The summed E-state index contributed by atoms with van der Waals surface area (Å²) in [7, 11) is 0. The third-order valence-electron chi connectivity index (χ3n) is 4.35. The summed E-state index contributed by atoms with van der Waals surface area (Å²) in [5.41, 5.74) is 0.796. The minimum Gasteiger partial charge on any atom is -0.338 e. The lowest BCUT2D eigenvalue weighted by molar-refractivity contribution is -0.121. The minimum absolute atomic E-state index is 0.0118. The van der Waals surface area contributed by atoms with Crippen LogP contribution in [-0.2, 0) is 11.2 Å². The monoisotopic (exact) mass is 357 g/mol. The molecule has 2 N–H and O–H groups in total. The van der Waals surface area contributed by atoms with Crippen molar-refractivity contribution in [2.24, 2.45) is 5.92 Å². The van der Waals surface area contributed by atoms with Gasteiger partial charge in [0.25, 0.3) is 0 Å². The highest BCUT2D eigenvalue weighted by Gasteiger charge is 2.28. The van der Waals surface area contributed by atoms with Crippen LogP contribution in [0.1, 0.15) is 17.7 Å². The van der Waals surface area contributed by atoms with E-state index in [2.05, 4.69) is 16.7 Å². The molecule has 1 aliphatic heterocycles. The number of amides is 3. The number of nitrogens with zero attached hydrogens (tertiary/aromatic N) is 1. The van der Waals surface area contributed by atoms with Gasteiger partial charge in [-0.05, 0) is 42.8 Å². The second kappa shape index (κ2) is 8.67. The zero-order valence-corrected chi connectivity index (χ0v) is 14.9. The number of likely N-dealkylation sites (tertiary alicyclic amines) is 1. The number of rotatable bonds is 5. The van der Waals surface area contributed by atoms with E-state index in [4.69, 9.17) is 0 Å². The van der Waals surface area contributed by atoms with Gasteiger partial charge in [-0.2, -0.15) is 0 Å². The Morgan fingerprint density at radius 1 is 1.16 bits per heavy atom. The van der Waals surface area contributed by atoms with Gasteiger partial charge >= 0.3 is 6.03 Å². The molecule has 1 aromatic carbocycles. The molecule has 2 aromatic rings. The Morgan fingerprint density at radius 3 is 2.76 bits per heavy atom. The maximum atomic E-state index is 12.4. The first kappa shape index (κ1) is 17.5. The Labute approximate surface area is 152 Å². The summed E-state index contributed by atoms with van der Waals surface area (Å²) in [5.74, 6) is -0.167. The largest absolute Gasteiger partial charge is 0.338 e. The number of carbonyl (C=O) groups excluding carboxylic acids is 2. The third-order valence-corrected chi connectivity index (χ3v) is 5.28. The van der Waals surface area contributed by atoms with Crippen LogP contribution in [-0.4, -0.2) is 36.5 Å². The number of piperidine rings is 1. The second-order valence-corrected chi connectivity index (χ2v) is 7.23. The zero-order valence-electron chi connectivity index (χ0n) is 14.1. The molecule has 25 heavy (non-hydrogen) atoms. The molecule has 1 unspecified atom stereocenters. The SMILES string of the molecule is O=C(Nc1ccccc1)C1CCCN(C(=O)NCCc2cccs2)C1. The summed E-state index contributed by atoms with van der Waals surface area (Å²) >= 11 is 1.70. The number of anilines is 1. The number of nitrogens with one attached hydrogen (secondary N) is 2. The third kappa shape index (κ3) is 5.06. The lowest BCUT2D eigenvalue weighted by Gasteiger charge is -2.32. The molecule has 0 aliphatic carbocycles. The molecule has 1 saturated heterocycles. The molecule has 5 nitrogen and oxygen atoms in total. The van der Waals surface area contributed by atoms with E-state index in [1.165, 1.54) is 4.88 Å². The van der Waals surface area contributed by atoms with Gasteiger partial charge in [-0.25, -0.2) is 4.79 Å². The van der Waals surface area contributed by atoms with Gasteiger partial charge in [-0.15, -0.1) is 11.3 Å². The lowest BCUT2D eigenvalue weighted by atomic mass is 9.97. The smallest absolute Gasteiger partial charge is 0.317 e. The van der Waals surface area contributed by atoms with Gasteiger partial charge in [-0.1, -0.05) is 24.3 Å². The zero-order chi connectivity index (χ0) is 17.5. The molecule has 1 aliphatic rings. The maximum Gasteiger partial charge on any atom is 0.317 e. The Hall–Kier alpha value is -2.34. The van der Waals surface area contributed by atoms with E-state index >= 15 is 0 Å². The fourth-order valence-electron chi connectivity index (χ4n) is 3.00. The minimum atomic E-state index is -0.156. The number of hydrogen-bond acceptors (Lipinski definition) is 3. The number of hydrogen-bond donors (Lipinski definition) is 2. The Balaban J connectivity index is 1.46. The Kier molecular flexibility index (Phi) is 6.06. The molecule has 0 radical (unpaired) electrons. The van der Waals surface area contributed by atoms with Gasteiger partial charge in [0.2, 0.25) is 5.91 Å². The average Bonchev–Trinajstić information content (AvgIpc) is 3.16. The van der Waals surface area contributed by atoms with E-state index in [1.807, 2.05) is 41.8 Å². The van der Waals surface area contributed by atoms with Gasteiger partial charge in [-0.3, -0.25) is 4.79 Å². The van der Waals surface area contributed by atoms with Crippen LogP contribution >= 0.6 is 11.3 Å². The van der Waals surface area contributed by atoms with Crippen molar-refractivity contribution in [3.05, 3.63) is 52.7 Å². The van der Waals surface area contributed by atoms with E-state index in [0.29, 0.717) is 19.6 Å². The quantitative estimate of drug-likeness (QED) is 0.862. The first-order valence-electron chi connectivity index (χ1n) is 8.63. The number of urea groups is 1. The summed E-state index contributed by atoms with van der Waals surface area (Å²) in [6.45, 7) is 1.81. The molecular weight excluding hydrogens is 334 g/mol. The fourth-order valence-corrected chi connectivity index (χ4v) is 3.71.